The smallest absolute Gasteiger partial charge is 0.341 e. The summed E-state index contributed by atoms with van der Waals surface area (Å²) in [6.07, 6.45) is 0. The molecular formula is C13H10O5. The van der Waals surface area contributed by atoms with Crippen LogP contribution in [-0.2, 0) is 4.79 Å². The summed E-state index contributed by atoms with van der Waals surface area (Å²) in [5.74, 6) is -1.75. The predicted octanol–water partition coefficient (Wildman–Crippen LogP) is 2.00. The summed E-state index contributed by atoms with van der Waals surface area (Å²) < 4.78 is 5.12. The van der Waals surface area contributed by atoms with Crippen LogP contribution >= 0.6 is 0 Å². The molecule has 0 atom stereocenters. The fourth-order valence-corrected chi connectivity index (χ4v) is 1.72. The highest BCUT2D eigenvalue weighted by molar-refractivity contribution is 6.05. The molecule has 2 aromatic carbocycles. The van der Waals surface area contributed by atoms with Gasteiger partial charge < -0.3 is 14.9 Å². The molecule has 0 unspecified atom stereocenters. The van der Waals surface area contributed by atoms with Crippen LogP contribution in [-0.4, -0.2) is 28.8 Å². The Morgan fingerprint density at radius 2 is 1.67 bits per heavy atom. The molecule has 0 radical (unpaired) electrons. The molecule has 0 aromatic heterocycles. The Morgan fingerprint density at radius 1 is 1.00 bits per heavy atom. The SMILES string of the molecule is O=C(O)COc1ccc(C(=O)O)c2ccccc12. The van der Waals surface area contributed by atoms with Crippen molar-refractivity contribution in [2.24, 2.45) is 0 Å². The van der Waals surface area contributed by atoms with Crippen molar-refractivity contribution in [3.05, 3.63) is 42.0 Å². The van der Waals surface area contributed by atoms with Gasteiger partial charge >= 0.3 is 11.9 Å². The van der Waals surface area contributed by atoms with Crippen molar-refractivity contribution in [3.63, 3.8) is 0 Å². The Bertz CT molecular complexity index is 618. The molecule has 92 valence electrons. The lowest BCUT2D eigenvalue weighted by molar-refractivity contribution is -0.139. The maximum absolute atomic E-state index is 11.1. The summed E-state index contributed by atoms with van der Waals surface area (Å²) in [6.45, 7) is -0.462. The van der Waals surface area contributed by atoms with Crippen molar-refractivity contribution in [2.45, 2.75) is 0 Å². The number of ether oxygens (including phenoxy) is 1. The third kappa shape index (κ3) is 2.24. The number of hydrogen-bond acceptors (Lipinski definition) is 3. The zero-order valence-electron chi connectivity index (χ0n) is 9.29. The van der Waals surface area contributed by atoms with Gasteiger partial charge in [0.1, 0.15) is 5.75 Å². The summed E-state index contributed by atoms with van der Waals surface area (Å²) in [6, 6.07) is 9.68. The third-order valence-corrected chi connectivity index (χ3v) is 2.47. The predicted molar refractivity (Wildman–Crippen MR) is 64.0 cm³/mol. The van der Waals surface area contributed by atoms with E-state index in [0.29, 0.717) is 16.5 Å². The van der Waals surface area contributed by atoms with Gasteiger partial charge in [-0.3, -0.25) is 0 Å². The van der Waals surface area contributed by atoms with E-state index in [1.807, 2.05) is 0 Å². The maximum Gasteiger partial charge on any atom is 0.341 e. The van der Waals surface area contributed by atoms with Crippen molar-refractivity contribution in [2.75, 3.05) is 6.61 Å². The first kappa shape index (κ1) is 11.9. The van der Waals surface area contributed by atoms with Crippen LogP contribution in [0.2, 0.25) is 0 Å². The van der Waals surface area contributed by atoms with E-state index in [2.05, 4.69) is 0 Å². The quantitative estimate of drug-likeness (QED) is 0.861. The van der Waals surface area contributed by atoms with Crippen molar-refractivity contribution < 1.29 is 24.5 Å². The number of carboxylic acid groups (broad SMARTS) is 2. The second-order valence-corrected chi connectivity index (χ2v) is 3.64. The van der Waals surface area contributed by atoms with Gasteiger partial charge in [-0.25, -0.2) is 9.59 Å². The van der Waals surface area contributed by atoms with Gasteiger partial charge in [0, 0.05) is 5.39 Å². The topological polar surface area (TPSA) is 83.8 Å². The molecule has 0 saturated carbocycles. The van der Waals surface area contributed by atoms with Crippen LogP contribution in [0.3, 0.4) is 0 Å². The van der Waals surface area contributed by atoms with E-state index in [1.165, 1.54) is 12.1 Å². The van der Waals surface area contributed by atoms with Crippen LogP contribution in [0.15, 0.2) is 36.4 Å². The molecule has 5 heteroatoms. The first-order chi connectivity index (χ1) is 8.59. The van der Waals surface area contributed by atoms with Gasteiger partial charge in [0.2, 0.25) is 0 Å². The van der Waals surface area contributed by atoms with E-state index in [4.69, 9.17) is 14.9 Å². The molecule has 0 spiro atoms. The number of aliphatic carboxylic acids is 1. The van der Waals surface area contributed by atoms with Crippen molar-refractivity contribution >= 4 is 22.7 Å². The van der Waals surface area contributed by atoms with Gasteiger partial charge in [-0.2, -0.15) is 0 Å². The van der Waals surface area contributed by atoms with Crippen molar-refractivity contribution in [3.8, 4) is 5.75 Å². The van der Waals surface area contributed by atoms with Crippen LogP contribution in [0.5, 0.6) is 5.75 Å². The summed E-state index contributed by atoms with van der Waals surface area (Å²) in [5.41, 5.74) is 0.160. The maximum atomic E-state index is 11.1. The van der Waals surface area contributed by atoms with Gasteiger partial charge in [0.15, 0.2) is 6.61 Å². The number of carboxylic acids is 2. The Labute approximate surface area is 102 Å². The lowest BCUT2D eigenvalue weighted by Gasteiger charge is -2.09. The Morgan fingerprint density at radius 3 is 2.28 bits per heavy atom. The Balaban J connectivity index is 2.53. The van der Waals surface area contributed by atoms with Gasteiger partial charge in [0.05, 0.1) is 5.56 Å². The monoisotopic (exact) mass is 246 g/mol. The number of benzene rings is 2. The second kappa shape index (κ2) is 4.75. The van der Waals surface area contributed by atoms with Gasteiger partial charge in [-0.1, -0.05) is 24.3 Å². The molecule has 0 aliphatic heterocycles. The largest absolute Gasteiger partial charge is 0.481 e. The number of rotatable bonds is 4. The molecule has 2 aromatic rings. The zero-order valence-corrected chi connectivity index (χ0v) is 9.29. The highest BCUT2D eigenvalue weighted by atomic mass is 16.5. The molecule has 0 bridgehead atoms. The molecule has 2 N–H and O–H groups in total. The Kier molecular flexibility index (Phi) is 3.14. The molecule has 0 heterocycles. The Hall–Kier alpha value is -2.56. The number of carbonyl (C=O) groups is 2. The fourth-order valence-electron chi connectivity index (χ4n) is 1.72. The average molecular weight is 246 g/mol. The lowest BCUT2D eigenvalue weighted by atomic mass is 10.0. The van der Waals surface area contributed by atoms with Crippen LogP contribution in [0.25, 0.3) is 10.8 Å². The number of fused-ring (bicyclic) bond motifs is 1. The molecule has 0 aliphatic carbocycles. The molecule has 18 heavy (non-hydrogen) atoms. The minimum Gasteiger partial charge on any atom is -0.481 e. The minimum absolute atomic E-state index is 0.160. The molecule has 2 rings (SSSR count). The highest BCUT2D eigenvalue weighted by Crippen LogP contribution is 2.28. The average Bonchev–Trinajstić information content (AvgIpc) is 2.35. The van der Waals surface area contributed by atoms with E-state index in [-0.39, 0.29) is 5.56 Å². The van der Waals surface area contributed by atoms with Crippen molar-refractivity contribution in [1.29, 1.82) is 0 Å². The van der Waals surface area contributed by atoms with Crippen LogP contribution < -0.4 is 4.74 Å². The van der Waals surface area contributed by atoms with E-state index in [9.17, 15) is 9.59 Å². The van der Waals surface area contributed by atoms with Gasteiger partial charge in [0.25, 0.3) is 0 Å². The van der Waals surface area contributed by atoms with Gasteiger partial charge in [-0.15, -0.1) is 0 Å². The van der Waals surface area contributed by atoms with Gasteiger partial charge in [-0.05, 0) is 17.5 Å². The first-order valence-electron chi connectivity index (χ1n) is 5.19. The fraction of sp³-hybridized carbons (Fsp3) is 0.0769. The summed E-state index contributed by atoms with van der Waals surface area (Å²) in [4.78, 5) is 21.5. The first-order valence-corrected chi connectivity index (χ1v) is 5.19. The van der Waals surface area contributed by atoms with Crippen LogP contribution in [0.4, 0.5) is 0 Å². The standard InChI is InChI=1S/C13H10O5/c14-12(15)7-18-11-6-5-10(13(16)17)8-3-1-2-4-9(8)11/h1-6H,7H2,(H,14,15)(H,16,17). The summed E-state index contributed by atoms with van der Waals surface area (Å²) in [5, 5.41) is 18.7. The molecule has 5 nitrogen and oxygen atoms in total. The molecule has 0 aliphatic rings. The summed E-state index contributed by atoms with van der Waals surface area (Å²) >= 11 is 0. The van der Waals surface area contributed by atoms with E-state index < -0.39 is 18.5 Å². The van der Waals surface area contributed by atoms with Crippen molar-refractivity contribution in [1.82, 2.24) is 0 Å². The normalized spacial score (nSPS) is 10.2. The number of hydrogen-bond donors (Lipinski definition) is 2. The highest BCUT2D eigenvalue weighted by Gasteiger charge is 2.12. The second-order valence-electron chi connectivity index (χ2n) is 3.64. The molecule has 0 fully saturated rings. The van der Waals surface area contributed by atoms with E-state index >= 15 is 0 Å². The van der Waals surface area contributed by atoms with E-state index in [1.54, 1.807) is 24.3 Å². The molecule has 0 amide bonds. The minimum atomic E-state index is -1.08. The molecule has 0 saturated heterocycles. The lowest BCUT2D eigenvalue weighted by Crippen LogP contribution is -2.10. The van der Waals surface area contributed by atoms with Crippen LogP contribution in [0, 0.1) is 0 Å². The third-order valence-electron chi connectivity index (χ3n) is 2.47. The van der Waals surface area contributed by atoms with Crippen LogP contribution in [0.1, 0.15) is 10.4 Å². The number of aromatic carboxylic acids is 1. The molecular weight excluding hydrogens is 236 g/mol. The van der Waals surface area contributed by atoms with E-state index in [0.717, 1.165) is 0 Å². The zero-order chi connectivity index (χ0) is 13.1. The summed E-state index contributed by atoms with van der Waals surface area (Å²) in [7, 11) is 0.